The van der Waals surface area contributed by atoms with Gasteiger partial charge in [0.2, 0.25) is 0 Å². The Balaban J connectivity index is 1.76. The monoisotopic (exact) mass is 352 g/mol. The Kier molecular flexibility index (Phi) is 4.26. The maximum Gasteiger partial charge on any atom is 0.181 e. The van der Waals surface area contributed by atoms with E-state index < -0.39 is 0 Å². The number of benzene rings is 1. The predicted octanol–water partition coefficient (Wildman–Crippen LogP) is 3.09. The zero-order valence-corrected chi connectivity index (χ0v) is 14.3. The van der Waals surface area contributed by atoms with E-state index in [1.807, 2.05) is 30.5 Å². The number of anilines is 1. The summed E-state index contributed by atoms with van der Waals surface area (Å²) in [5.74, 6) is 0.702. The van der Waals surface area contributed by atoms with Gasteiger partial charge in [0.05, 0.1) is 11.9 Å². The number of aromatic nitrogens is 3. The van der Waals surface area contributed by atoms with E-state index in [2.05, 4.69) is 21.7 Å². The molecule has 25 heavy (non-hydrogen) atoms. The number of nitriles is 1. The highest BCUT2D eigenvalue weighted by molar-refractivity contribution is 6.30. The third kappa shape index (κ3) is 3.16. The largest absolute Gasteiger partial charge is 0.363 e. The molecule has 2 aromatic heterocycles. The summed E-state index contributed by atoms with van der Waals surface area (Å²) in [6.45, 7) is 1.96. The fourth-order valence-electron chi connectivity index (χ4n) is 3.09. The molecule has 1 aliphatic heterocycles. The Morgan fingerprint density at radius 3 is 2.88 bits per heavy atom. The summed E-state index contributed by atoms with van der Waals surface area (Å²) in [7, 11) is 0. The standard InChI is InChI=1S/C18H17ClN6/c19-13-5-3-12(4-6-13)16-11-25-15(8-20)10-22-17(18(25)24-16)23-14-2-1-7-21-9-14/h3-6,10-11,14,21H,1-2,7,9H2,(H,22,23)/t14-/m0/s1. The molecule has 2 N–H and O–H groups in total. The van der Waals surface area contributed by atoms with Crippen LogP contribution in [0.1, 0.15) is 18.5 Å². The highest BCUT2D eigenvalue weighted by atomic mass is 35.5. The Labute approximate surface area is 150 Å². The van der Waals surface area contributed by atoms with Crippen molar-refractivity contribution in [1.82, 2.24) is 19.7 Å². The molecule has 1 aliphatic rings. The first kappa shape index (κ1) is 15.9. The first-order chi connectivity index (χ1) is 12.2. The summed E-state index contributed by atoms with van der Waals surface area (Å²) >= 11 is 5.96. The van der Waals surface area contributed by atoms with Crippen molar-refractivity contribution in [3.63, 3.8) is 0 Å². The van der Waals surface area contributed by atoms with Crippen LogP contribution >= 0.6 is 11.6 Å². The molecule has 0 radical (unpaired) electrons. The van der Waals surface area contributed by atoms with Crippen LogP contribution in [0, 0.1) is 11.3 Å². The van der Waals surface area contributed by atoms with Gasteiger partial charge in [-0.25, -0.2) is 9.97 Å². The number of piperidine rings is 1. The summed E-state index contributed by atoms with van der Waals surface area (Å²) < 4.78 is 1.79. The van der Waals surface area contributed by atoms with Gasteiger partial charge < -0.3 is 10.6 Å². The van der Waals surface area contributed by atoms with Crippen molar-refractivity contribution >= 4 is 23.1 Å². The summed E-state index contributed by atoms with van der Waals surface area (Å²) in [5, 5.41) is 16.9. The second-order valence-corrected chi connectivity index (χ2v) is 6.55. The minimum Gasteiger partial charge on any atom is -0.363 e. The molecule has 1 fully saturated rings. The molecule has 6 nitrogen and oxygen atoms in total. The molecule has 0 bridgehead atoms. The maximum atomic E-state index is 9.38. The molecule has 0 spiro atoms. The molecule has 126 valence electrons. The molecular weight excluding hydrogens is 336 g/mol. The van der Waals surface area contributed by atoms with Gasteiger partial charge in [0.15, 0.2) is 11.5 Å². The molecule has 3 heterocycles. The van der Waals surface area contributed by atoms with Crippen molar-refractivity contribution in [2.45, 2.75) is 18.9 Å². The lowest BCUT2D eigenvalue weighted by Crippen LogP contribution is -2.38. The van der Waals surface area contributed by atoms with Crippen molar-refractivity contribution in [3.05, 3.63) is 47.4 Å². The summed E-state index contributed by atoms with van der Waals surface area (Å²) in [4.78, 5) is 9.14. The highest BCUT2D eigenvalue weighted by Gasteiger charge is 2.17. The fraction of sp³-hybridized carbons (Fsp3) is 0.278. The first-order valence-corrected chi connectivity index (χ1v) is 8.64. The average molecular weight is 353 g/mol. The number of nitrogens with zero attached hydrogens (tertiary/aromatic N) is 4. The Morgan fingerprint density at radius 1 is 1.32 bits per heavy atom. The Hall–Kier alpha value is -2.62. The number of fused-ring (bicyclic) bond motifs is 1. The average Bonchev–Trinajstić information content (AvgIpc) is 3.09. The molecular formula is C18H17ClN6. The summed E-state index contributed by atoms with van der Waals surface area (Å²) in [5.41, 5.74) is 2.85. The van der Waals surface area contributed by atoms with E-state index in [1.54, 1.807) is 10.6 Å². The van der Waals surface area contributed by atoms with E-state index in [0.717, 1.165) is 37.2 Å². The molecule has 4 rings (SSSR count). The van der Waals surface area contributed by atoms with Crippen molar-refractivity contribution < 1.29 is 0 Å². The van der Waals surface area contributed by atoms with Crippen molar-refractivity contribution in [3.8, 4) is 17.3 Å². The zero-order chi connectivity index (χ0) is 17.2. The van der Waals surface area contributed by atoms with E-state index in [0.29, 0.717) is 28.2 Å². The third-order valence-electron chi connectivity index (χ3n) is 4.39. The van der Waals surface area contributed by atoms with Crippen molar-refractivity contribution in [2.24, 2.45) is 0 Å². The molecule has 1 aromatic carbocycles. The first-order valence-electron chi connectivity index (χ1n) is 8.26. The van der Waals surface area contributed by atoms with Gasteiger partial charge in [-0.05, 0) is 31.5 Å². The Bertz CT molecular complexity index is 935. The maximum absolute atomic E-state index is 9.38. The van der Waals surface area contributed by atoms with Gasteiger partial charge in [0, 0.05) is 29.4 Å². The van der Waals surface area contributed by atoms with E-state index in [-0.39, 0.29) is 0 Å². The van der Waals surface area contributed by atoms with Gasteiger partial charge in [-0.2, -0.15) is 5.26 Å². The van der Waals surface area contributed by atoms with Gasteiger partial charge >= 0.3 is 0 Å². The van der Waals surface area contributed by atoms with Crippen molar-refractivity contribution in [2.75, 3.05) is 18.4 Å². The normalized spacial score (nSPS) is 17.4. The van der Waals surface area contributed by atoms with E-state index in [9.17, 15) is 5.26 Å². The van der Waals surface area contributed by atoms with Crippen LogP contribution in [0.5, 0.6) is 0 Å². The van der Waals surface area contributed by atoms with Gasteiger partial charge in [-0.1, -0.05) is 23.7 Å². The predicted molar refractivity (Wildman–Crippen MR) is 97.7 cm³/mol. The van der Waals surface area contributed by atoms with E-state index in [1.165, 1.54) is 0 Å². The van der Waals surface area contributed by atoms with Crippen LogP contribution in [0.2, 0.25) is 5.02 Å². The molecule has 0 amide bonds. The molecule has 0 aliphatic carbocycles. The number of imidazole rings is 1. The fourth-order valence-corrected chi connectivity index (χ4v) is 3.22. The molecule has 0 saturated carbocycles. The molecule has 1 saturated heterocycles. The lowest BCUT2D eigenvalue weighted by atomic mass is 10.1. The SMILES string of the molecule is N#Cc1cnc(N[C@H]2CCCNC2)c2nc(-c3ccc(Cl)cc3)cn12. The smallest absolute Gasteiger partial charge is 0.181 e. The third-order valence-corrected chi connectivity index (χ3v) is 4.64. The second kappa shape index (κ2) is 6.71. The van der Waals surface area contributed by atoms with Crippen LogP contribution in [0.3, 0.4) is 0 Å². The van der Waals surface area contributed by atoms with Crippen LogP contribution < -0.4 is 10.6 Å². The summed E-state index contributed by atoms with van der Waals surface area (Å²) in [6.07, 6.45) is 5.67. The lowest BCUT2D eigenvalue weighted by molar-refractivity contribution is 0.479. The quantitative estimate of drug-likeness (QED) is 0.757. The highest BCUT2D eigenvalue weighted by Crippen LogP contribution is 2.25. The minimum absolute atomic E-state index is 0.314. The van der Waals surface area contributed by atoms with E-state index >= 15 is 0 Å². The Morgan fingerprint density at radius 2 is 2.16 bits per heavy atom. The lowest BCUT2D eigenvalue weighted by Gasteiger charge is -2.24. The number of halogens is 1. The summed E-state index contributed by atoms with van der Waals surface area (Å²) in [6, 6.07) is 9.99. The van der Waals surface area contributed by atoms with Crippen LogP contribution in [-0.2, 0) is 0 Å². The van der Waals surface area contributed by atoms with Gasteiger partial charge in [0.1, 0.15) is 11.8 Å². The molecule has 1 atom stereocenters. The number of rotatable bonds is 3. The molecule has 3 aromatic rings. The number of nitrogens with one attached hydrogen (secondary N) is 2. The van der Waals surface area contributed by atoms with Crippen molar-refractivity contribution in [1.29, 1.82) is 5.26 Å². The minimum atomic E-state index is 0.314. The second-order valence-electron chi connectivity index (χ2n) is 6.12. The molecule has 0 unspecified atom stereocenters. The van der Waals surface area contributed by atoms with Crippen LogP contribution in [0.25, 0.3) is 16.9 Å². The van der Waals surface area contributed by atoms with Crippen LogP contribution in [0.4, 0.5) is 5.82 Å². The van der Waals surface area contributed by atoms with Crippen LogP contribution in [-0.4, -0.2) is 33.5 Å². The van der Waals surface area contributed by atoms with Gasteiger partial charge in [-0.3, -0.25) is 4.40 Å². The van der Waals surface area contributed by atoms with Gasteiger partial charge in [-0.15, -0.1) is 0 Å². The number of hydrogen-bond donors (Lipinski definition) is 2. The number of hydrogen-bond acceptors (Lipinski definition) is 5. The molecule has 7 heteroatoms. The topological polar surface area (TPSA) is 78.0 Å². The van der Waals surface area contributed by atoms with Crippen LogP contribution in [0.15, 0.2) is 36.7 Å². The van der Waals surface area contributed by atoms with E-state index in [4.69, 9.17) is 16.6 Å². The van der Waals surface area contributed by atoms with Gasteiger partial charge in [0.25, 0.3) is 0 Å². The zero-order valence-electron chi connectivity index (χ0n) is 13.5.